The molecule has 2 atom stereocenters. The van der Waals surface area contributed by atoms with Gasteiger partial charge in [0.2, 0.25) is 5.43 Å². The monoisotopic (exact) mass is 491 g/mol. The van der Waals surface area contributed by atoms with E-state index in [1.807, 2.05) is 6.92 Å². The lowest BCUT2D eigenvalue weighted by Gasteiger charge is -2.44. The molecule has 2 aromatic rings. The van der Waals surface area contributed by atoms with Crippen molar-refractivity contribution in [3.05, 3.63) is 62.8 Å². The van der Waals surface area contributed by atoms with Gasteiger partial charge in [0.15, 0.2) is 11.4 Å². The van der Waals surface area contributed by atoms with Gasteiger partial charge in [-0.1, -0.05) is 26.2 Å². The summed E-state index contributed by atoms with van der Waals surface area (Å²) in [6.45, 7) is 1.56. The largest absolute Gasteiger partial charge is 0.487 e. The molecule has 1 aliphatic carbocycles. The molecule has 188 valence electrons. The number of nitrogens with zero attached hydrogens (tertiary/aromatic N) is 2. The van der Waals surface area contributed by atoms with Gasteiger partial charge < -0.3 is 19.5 Å². The summed E-state index contributed by atoms with van der Waals surface area (Å²) in [5.74, 6) is -4.77. The second-order valence-corrected chi connectivity index (χ2v) is 9.02. The maximum atomic E-state index is 14.0. The standard InChI is InChI=1S/C25H28F3N3O4/c1-3-4-9-35-23-21-25(34)30(2)19-7-5-6-8-20(19)31(21)13-16(22(23)32)24(33)29-12-15-17(27)10-14(26)11-18(15)28/h10-11,13,19-20H,3-9,12H2,1-2H3,(H,29,33)/t19-,20-/m0/s1. The van der Waals surface area contributed by atoms with Crippen LogP contribution in [0.5, 0.6) is 5.75 Å². The van der Waals surface area contributed by atoms with Crippen molar-refractivity contribution < 1.29 is 27.5 Å². The maximum absolute atomic E-state index is 14.0. The first-order valence-corrected chi connectivity index (χ1v) is 11.8. The van der Waals surface area contributed by atoms with Gasteiger partial charge in [-0.3, -0.25) is 14.4 Å². The zero-order chi connectivity index (χ0) is 25.3. The number of rotatable bonds is 7. The number of benzene rings is 1. The van der Waals surface area contributed by atoms with E-state index in [4.69, 9.17) is 4.74 Å². The van der Waals surface area contributed by atoms with E-state index >= 15 is 0 Å². The SMILES string of the molecule is CCCCOc1c2n(cc(C(=O)NCc3c(F)cc(F)cc3F)c1=O)[C@H]1CCCC[C@@H]1N(C)C2=O. The molecule has 2 aliphatic rings. The summed E-state index contributed by atoms with van der Waals surface area (Å²) in [6.07, 6.45) is 6.27. The normalized spacial score (nSPS) is 19.2. The third-order valence-corrected chi connectivity index (χ3v) is 6.78. The molecule has 4 rings (SSSR count). The number of hydrogen-bond acceptors (Lipinski definition) is 4. The smallest absolute Gasteiger partial charge is 0.274 e. The molecular weight excluding hydrogens is 463 g/mol. The van der Waals surface area contributed by atoms with E-state index in [9.17, 15) is 27.6 Å². The van der Waals surface area contributed by atoms with Crippen LogP contribution >= 0.6 is 0 Å². The number of amides is 2. The van der Waals surface area contributed by atoms with Crippen molar-refractivity contribution >= 4 is 11.8 Å². The summed E-state index contributed by atoms with van der Waals surface area (Å²) in [5.41, 5.74) is -1.46. The first-order valence-electron chi connectivity index (χ1n) is 11.8. The van der Waals surface area contributed by atoms with Gasteiger partial charge in [-0.05, 0) is 19.3 Å². The number of unbranched alkanes of at least 4 members (excludes halogenated alkanes) is 1. The lowest BCUT2D eigenvalue weighted by molar-refractivity contribution is 0.0504. The minimum absolute atomic E-state index is 0.0759. The van der Waals surface area contributed by atoms with Crippen LogP contribution in [0.3, 0.4) is 0 Å². The lowest BCUT2D eigenvalue weighted by atomic mass is 9.86. The highest BCUT2D eigenvalue weighted by Gasteiger charge is 2.41. The van der Waals surface area contributed by atoms with Crippen molar-refractivity contribution in [2.45, 2.75) is 64.1 Å². The Morgan fingerprint density at radius 3 is 2.43 bits per heavy atom. The highest BCUT2D eigenvalue weighted by atomic mass is 19.1. The quantitative estimate of drug-likeness (QED) is 0.595. The first-order chi connectivity index (χ1) is 16.7. The number of fused-ring (bicyclic) bond motifs is 3. The molecule has 1 saturated carbocycles. The minimum atomic E-state index is -1.15. The van der Waals surface area contributed by atoms with Crippen molar-refractivity contribution in [3.63, 3.8) is 0 Å². The van der Waals surface area contributed by atoms with Gasteiger partial charge >= 0.3 is 0 Å². The molecule has 1 fully saturated rings. The number of aromatic nitrogens is 1. The highest BCUT2D eigenvalue weighted by molar-refractivity contribution is 5.99. The van der Waals surface area contributed by atoms with E-state index in [-0.39, 0.29) is 41.6 Å². The Hall–Kier alpha value is -3.30. The topological polar surface area (TPSA) is 80.6 Å². The van der Waals surface area contributed by atoms with E-state index < -0.39 is 40.9 Å². The number of carbonyl (C=O) groups is 2. The molecule has 1 N–H and O–H groups in total. The fourth-order valence-corrected chi connectivity index (χ4v) is 4.88. The average molecular weight is 492 g/mol. The molecule has 35 heavy (non-hydrogen) atoms. The van der Waals surface area contributed by atoms with Crippen molar-refractivity contribution in [1.29, 1.82) is 0 Å². The molecule has 0 saturated heterocycles. The Bertz CT molecular complexity index is 1190. The van der Waals surface area contributed by atoms with Gasteiger partial charge in [-0.2, -0.15) is 0 Å². The molecular formula is C25H28F3N3O4. The van der Waals surface area contributed by atoms with E-state index in [1.165, 1.54) is 6.20 Å². The molecule has 0 bridgehead atoms. The fourth-order valence-electron chi connectivity index (χ4n) is 4.88. The predicted molar refractivity (Wildman–Crippen MR) is 122 cm³/mol. The number of halogens is 3. The predicted octanol–water partition coefficient (Wildman–Crippen LogP) is 3.94. The van der Waals surface area contributed by atoms with Gasteiger partial charge in [-0.25, -0.2) is 13.2 Å². The summed E-state index contributed by atoms with van der Waals surface area (Å²) in [7, 11) is 1.71. The molecule has 1 aromatic carbocycles. The Kier molecular flexibility index (Phi) is 7.18. The van der Waals surface area contributed by atoms with Crippen LogP contribution < -0.4 is 15.5 Å². The van der Waals surface area contributed by atoms with E-state index in [2.05, 4.69) is 5.32 Å². The molecule has 10 heteroatoms. The zero-order valence-electron chi connectivity index (χ0n) is 19.7. The molecule has 1 aliphatic heterocycles. The number of pyridine rings is 1. The molecule has 0 radical (unpaired) electrons. The number of likely N-dealkylation sites (N-methyl/N-ethyl adjacent to an activating group) is 1. The van der Waals surface area contributed by atoms with Crippen LogP contribution in [0, 0.1) is 17.5 Å². The Labute approximate surface area is 200 Å². The molecule has 7 nitrogen and oxygen atoms in total. The van der Waals surface area contributed by atoms with Crippen LogP contribution in [-0.2, 0) is 6.54 Å². The van der Waals surface area contributed by atoms with Crippen molar-refractivity contribution in [2.24, 2.45) is 0 Å². The zero-order valence-corrected chi connectivity index (χ0v) is 19.7. The second-order valence-electron chi connectivity index (χ2n) is 9.02. The lowest BCUT2D eigenvalue weighted by Crippen LogP contribution is -2.51. The summed E-state index contributed by atoms with van der Waals surface area (Å²) < 4.78 is 48.6. The third-order valence-electron chi connectivity index (χ3n) is 6.78. The van der Waals surface area contributed by atoms with Gasteiger partial charge in [-0.15, -0.1) is 0 Å². The molecule has 0 unspecified atom stereocenters. The Morgan fingerprint density at radius 1 is 1.11 bits per heavy atom. The van der Waals surface area contributed by atoms with E-state index in [0.717, 1.165) is 32.1 Å². The third kappa shape index (κ3) is 4.66. The van der Waals surface area contributed by atoms with E-state index in [0.29, 0.717) is 18.6 Å². The van der Waals surface area contributed by atoms with Crippen LogP contribution in [0.1, 0.15) is 77.9 Å². The average Bonchev–Trinajstić information content (AvgIpc) is 2.82. The number of nitrogens with one attached hydrogen (secondary N) is 1. The fraction of sp³-hybridized carbons (Fsp3) is 0.480. The van der Waals surface area contributed by atoms with Crippen molar-refractivity contribution in [1.82, 2.24) is 14.8 Å². The molecule has 2 heterocycles. The van der Waals surface area contributed by atoms with E-state index in [1.54, 1.807) is 16.5 Å². The Balaban J connectivity index is 1.73. The second kappa shape index (κ2) is 10.1. The molecule has 0 spiro atoms. The maximum Gasteiger partial charge on any atom is 0.274 e. The van der Waals surface area contributed by atoms with Crippen LogP contribution in [0.2, 0.25) is 0 Å². The Morgan fingerprint density at radius 2 is 1.77 bits per heavy atom. The van der Waals surface area contributed by atoms with Crippen molar-refractivity contribution in [3.8, 4) is 5.75 Å². The van der Waals surface area contributed by atoms with Crippen LogP contribution in [0.15, 0.2) is 23.1 Å². The van der Waals surface area contributed by atoms with Gasteiger partial charge in [0.05, 0.1) is 18.7 Å². The van der Waals surface area contributed by atoms with Gasteiger partial charge in [0.1, 0.15) is 23.0 Å². The first kappa shape index (κ1) is 24.8. The van der Waals surface area contributed by atoms with Crippen LogP contribution in [0.25, 0.3) is 0 Å². The summed E-state index contributed by atoms with van der Waals surface area (Å²) in [5, 5.41) is 2.34. The van der Waals surface area contributed by atoms with Crippen molar-refractivity contribution in [2.75, 3.05) is 13.7 Å². The summed E-state index contributed by atoms with van der Waals surface area (Å²) in [4.78, 5) is 41.2. The summed E-state index contributed by atoms with van der Waals surface area (Å²) in [6, 6.07) is 0.828. The van der Waals surface area contributed by atoms with Gasteiger partial charge in [0, 0.05) is 37.5 Å². The summed E-state index contributed by atoms with van der Waals surface area (Å²) >= 11 is 0. The minimum Gasteiger partial charge on any atom is -0.487 e. The molecule has 1 aromatic heterocycles. The van der Waals surface area contributed by atoms with Gasteiger partial charge in [0.25, 0.3) is 11.8 Å². The highest BCUT2D eigenvalue weighted by Crippen LogP contribution is 2.38. The van der Waals surface area contributed by atoms with Crippen LogP contribution in [-0.4, -0.2) is 41.0 Å². The molecule has 2 amide bonds. The van der Waals surface area contributed by atoms with Crippen LogP contribution in [0.4, 0.5) is 13.2 Å². The number of hydrogen-bond donors (Lipinski definition) is 1. The number of ether oxygens (including phenoxy) is 1. The number of carbonyl (C=O) groups excluding carboxylic acids is 2.